The molecule has 1 N–H and O–H groups in total. The molecular formula is C11H11ClN2O. The molecule has 0 aliphatic heterocycles. The Labute approximate surface area is 92.9 Å². The molecule has 0 aliphatic carbocycles. The van der Waals surface area contributed by atoms with Crippen LogP contribution in [0.15, 0.2) is 24.3 Å². The minimum Gasteiger partial charge on any atom is -0.504 e. The highest BCUT2D eigenvalue weighted by atomic mass is 35.5. The highest BCUT2D eigenvalue weighted by Crippen LogP contribution is 2.24. The molecule has 0 atom stereocenters. The summed E-state index contributed by atoms with van der Waals surface area (Å²) in [4.78, 5) is 0. The van der Waals surface area contributed by atoms with Crippen molar-refractivity contribution in [2.45, 2.75) is 13.8 Å². The molecule has 0 saturated heterocycles. The number of aromatic nitrogens is 2. The summed E-state index contributed by atoms with van der Waals surface area (Å²) >= 11 is 5.89. The van der Waals surface area contributed by atoms with Crippen LogP contribution in [-0.4, -0.2) is 14.9 Å². The van der Waals surface area contributed by atoms with Crippen LogP contribution in [-0.2, 0) is 0 Å². The molecule has 0 unspecified atom stereocenters. The maximum atomic E-state index is 9.64. The molecule has 1 aromatic heterocycles. The predicted molar refractivity (Wildman–Crippen MR) is 59.7 cm³/mol. The number of benzene rings is 1. The zero-order chi connectivity index (χ0) is 11.0. The fraction of sp³-hybridized carbons (Fsp3) is 0.182. The summed E-state index contributed by atoms with van der Waals surface area (Å²) in [5.74, 6) is 0.231. The van der Waals surface area contributed by atoms with Crippen molar-refractivity contribution in [1.82, 2.24) is 9.78 Å². The van der Waals surface area contributed by atoms with E-state index in [2.05, 4.69) is 5.10 Å². The summed E-state index contributed by atoms with van der Waals surface area (Å²) in [6.45, 7) is 3.58. The van der Waals surface area contributed by atoms with E-state index in [1.165, 1.54) is 0 Å². The first-order valence-electron chi connectivity index (χ1n) is 4.60. The number of aryl methyl sites for hydroxylation is 1. The predicted octanol–water partition coefficient (Wildman–Crippen LogP) is 2.85. The molecule has 0 fully saturated rings. The average Bonchev–Trinajstić information content (AvgIpc) is 2.46. The van der Waals surface area contributed by atoms with E-state index in [0.717, 1.165) is 11.4 Å². The monoisotopic (exact) mass is 222 g/mol. The lowest BCUT2D eigenvalue weighted by molar-refractivity contribution is 0.466. The van der Waals surface area contributed by atoms with Crippen LogP contribution in [0, 0.1) is 13.8 Å². The topological polar surface area (TPSA) is 38.0 Å². The molecule has 0 saturated carbocycles. The van der Waals surface area contributed by atoms with Gasteiger partial charge in [-0.25, -0.2) is 4.68 Å². The molecule has 78 valence electrons. The molecule has 2 rings (SSSR count). The van der Waals surface area contributed by atoms with Gasteiger partial charge in [0, 0.05) is 5.02 Å². The normalized spacial score (nSPS) is 10.6. The van der Waals surface area contributed by atoms with Crippen LogP contribution in [0.25, 0.3) is 5.69 Å². The molecule has 4 heteroatoms. The third kappa shape index (κ3) is 1.70. The van der Waals surface area contributed by atoms with Gasteiger partial charge in [0.15, 0.2) is 5.75 Å². The largest absolute Gasteiger partial charge is 0.504 e. The number of nitrogens with zero attached hydrogens (tertiary/aromatic N) is 2. The highest BCUT2D eigenvalue weighted by Gasteiger charge is 2.10. The number of hydrogen-bond acceptors (Lipinski definition) is 2. The summed E-state index contributed by atoms with van der Waals surface area (Å²) in [7, 11) is 0. The standard InChI is InChI=1S/C11H11ClN2O/c1-7-11(15)8(2)14(13-7)10-5-3-4-9(12)6-10/h3-6,15H,1-2H3. The van der Waals surface area contributed by atoms with Crippen LogP contribution in [0.4, 0.5) is 0 Å². The lowest BCUT2D eigenvalue weighted by atomic mass is 10.3. The van der Waals surface area contributed by atoms with Crippen molar-refractivity contribution in [3.05, 3.63) is 40.7 Å². The van der Waals surface area contributed by atoms with E-state index < -0.39 is 0 Å². The maximum absolute atomic E-state index is 9.64. The molecule has 2 aromatic rings. The molecule has 15 heavy (non-hydrogen) atoms. The molecule has 1 heterocycles. The van der Waals surface area contributed by atoms with Gasteiger partial charge in [-0.3, -0.25) is 0 Å². The molecule has 0 spiro atoms. The lowest BCUT2D eigenvalue weighted by Crippen LogP contribution is -1.98. The Hall–Kier alpha value is -1.48. The Balaban J connectivity index is 2.59. The van der Waals surface area contributed by atoms with Crippen LogP contribution in [0.3, 0.4) is 0 Å². The Morgan fingerprint density at radius 2 is 2.07 bits per heavy atom. The SMILES string of the molecule is Cc1nn(-c2cccc(Cl)c2)c(C)c1O. The van der Waals surface area contributed by atoms with Gasteiger partial charge >= 0.3 is 0 Å². The number of rotatable bonds is 1. The van der Waals surface area contributed by atoms with Gasteiger partial charge in [-0.2, -0.15) is 5.10 Å². The quantitative estimate of drug-likeness (QED) is 0.806. The second-order valence-corrected chi connectivity index (χ2v) is 3.85. The first kappa shape index (κ1) is 10.1. The van der Waals surface area contributed by atoms with Crippen molar-refractivity contribution >= 4 is 11.6 Å². The molecule has 3 nitrogen and oxygen atoms in total. The third-order valence-electron chi connectivity index (χ3n) is 2.31. The molecular weight excluding hydrogens is 212 g/mol. The smallest absolute Gasteiger partial charge is 0.159 e. The van der Waals surface area contributed by atoms with Gasteiger partial charge in [0.05, 0.1) is 11.4 Å². The minimum atomic E-state index is 0.231. The molecule has 0 bridgehead atoms. The Kier molecular flexibility index (Phi) is 2.40. The van der Waals surface area contributed by atoms with Crippen molar-refractivity contribution in [3.8, 4) is 11.4 Å². The van der Waals surface area contributed by atoms with Crippen molar-refractivity contribution in [3.63, 3.8) is 0 Å². The highest BCUT2D eigenvalue weighted by molar-refractivity contribution is 6.30. The second kappa shape index (κ2) is 3.59. The first-order chi connectivity index (χ1) is 7.09. The third-order valence-corrected chi connectivity index (χ3v) is 2.54. The molecule has 0 amide bonds. The number of aromatic hydroxyl groups is 1. The van der Waals surface area contributed by atoms with Gasteiger partial charge in [0.25, 0.3) is 0 Å². The first-order valence-corrected chi connectivity index (χ1v) is 4.98. The van der Waals surface area contributed by atoms with Gasteiger partial charge in [-0.1, -0.05) is 17.7 Å². The van der Waals surface area contributed by atoms with Gasteiger partial charge < -0.3 is 5.11 Å². The van der Waals surface area contributed by atoms with Crippen LogP contribution < -0.4 is 0 Å². The summed E-state index contributed by atoms with van der Waals surface area (Å²) in [5.41, 5.74) is 2.19. The summed E-state index contributed by atoms with van der Waals surface area (Å²) in [6.07, 6.45) is 0. The zero-order valence-corrected chi connectivity index (χ0v) is 9.28. The second-order valence-electron chi connectivity index (χ2n) is 3.41. The van der Waals surface area contributed by atoms with E-state index >= 15 is 0 Å². The Bertz CT molecular complexity index is 505. The van der Waals surface area contributed by atoms with Gasteiger partial charge in [0.1, 0.15) is 5.69 Å². The molecule has 0 aliphatic rings. The Morgan fingerprint density at radius 3 is 2.60 bits per heavy atom. The van der Waals surface area contributed by atoms with E-state index in [4.69, 9.17) is 11.6 Å². The van der Waals surface area contributed by atoms with E-state index in [9.17, 15) is 5.11 Å². The Morgan fingerprint density at radius 1 is 1.33 bits per heavy atom. The van der Waals surface area contributed by atoms with E-state index in [1.807, 2.05) is 19.1 Å². The van der Waals surface area contributed by atoms with Crippen LogP contribution in [0.1, 0.15) is 11.4 Å². The van der Waals surface area contributed by atoms with Crippen molar-refractivity contribution in [2.24, 2.45) is 0 Å². The maximum Gasteiger partial charge on any atom is 0.159 e. The molecule has 0 radical (unpaired) electrons. The van der Waals surface area contributed by atoms with Gasteiger partial charge in [0.2, 0.25) is 0 Å². The van der Waals surface area contributed by atoms with E-state index in [0.29, 0.717) is 10.7 Å². The van der Waals surface area contributed by atoms with Gasteiger partial charge in [-0.15, -0.1) is 0 Å². The summed E-state index contributed by atoms with van der Waals surface area (Å²) < 4.78 is 1.68. The van der Waals surface area contributed by atoms with Crippen molar-refractivity contribution < 1.29 is 5.11 Å². The molecule has 1 aromatic carbocycles. The van der Waals surface area contributed by atoms with E-state index in [1.54, 1.807) is 23.7 Å². The summed E-state index contributed by atoms with van der Waals surface area (Å²) in [5, 5.41) is 14.5. The fourth-order valence-corrected chi connectivity index (χ4v) is 1.68. The van der Waals surface area contributed by atoms with Gasteiger partial charge in [-0.05, 0) is 32.0 Å². The number of halogens is 1. The van der Waals surface area contributed by atoms with Crippen LogP contribution in [0.5, 0.6) is 5.75 Å². The zero-order valence-electron chi connectivity index (χ0n) is 8.53. The van der Waals surface area contributed by atoms with Crippen molar-refractivity contribution in [1.29, 1.82) is 0 Å². The average molecular weight is 223 g/mol. The lowest BCUT2D eigenvalue weighted by Gasteiger charge is -2.03. The fourth-order valence-electron chi connectivity index (χ4n) is 1.49. The van der Waals surface area contributed by atoms with Crippen LogP contribution >= 0.6 is 11.6 Å². The van der Waals surface area contributed by atoms with Crippen LogP contribution in [0.2, 0.25) is 5.02 Å². The summed E-state index contributed by atoms with van der Waals surface area (Å²) in [6, 6.07) is 7.35. The van der Waals surface area contributed by atoms with E-state index in [-0.39, 0.29) is 5.75 Å². The number of hydrogen-bond donors (Lipinski definition) is 1. The minimum absolute atomic E-state index is 0.231. The van der Waals surface area contributed by atoms with Crippen molar-refractivity contribution in [2.75, 3.05) is 0 Å².